The van der Waals surface area contributed by atoms with Crippen LogP contribution in [0, 0.1) is 12.3 Å². The van der Waals surface area contributed by atoms with Gasteiger partial charge in [0.15, 0.2) is 0 Å². The number of rotatable bonds is 2. The SMILES string of the molecule is C#CCc1ccc(C2CN(C(=O)OC(C)(C)C)CCO2)cc1. The molecule has 0 aliphatic carbocycles. The smallest absolute Gasteiger partial charge is 0.410 e. The summed E-state index contributed by atoms with van der Waals surface area (Å²) in [6, 6.07) is 8.03. The van der Waals surface area contributed by atoms with Gasteiger partial charge in [0.25, 0.3) is 0 Å². The van der Waals surface area contributed by atoms with Crippen molar-refractivity contribution in [2.75, 3.05) is 19.7 Å². The minimum atomic E-state index is -0.484. The molecule has 1 heterocycles. The number of ether oxygens (including phenoxy) is 2. The van der Waals surface area contributed by atoms with Gasteiger partial charge in [-0.25, -0.2) is 4.79 Å². The van der Waals surface area contributed by atoms with E-state index < -0.39 is 5.60 Å². The van der Waals surface area contributed by atoms with E-state index in [1.807, 2.05) is 45.0 Å². The number of carbonyl (C=O) groups excluding carboxylic acids is 1. The van der Waals surface area contributed by atoms with Crippen LogP contribution in [0.5, 0.6) is 0 Å². The lowest BCUT2D eigenvalue weighted by Gasteiger charge is -2.34. The van der Waals surface area contributed by atoms with Crippen molar-refractivity contribution in [3.63, 3.8) is 0 Å². The normalized spacial score (nSPS) is 18.6. The van der Waals surface area contributed by atoms with E-state index in [0.717, 1.165) is 11.1 Å². The summed E-state index contributed by atoms with van der Waals surface area (Å²) in [5.74, 6) is 2.63. The van der Waals surface area contributed by atoms with Crippen molar-refractivity contribution >= 4 is 6.09 Å². The number of terminal acetylenes is 1. The molecule has 1 aliphatic heterocycles. The van der Waals surface area contributed by atoms with E-state index in [1.54, 1.807) is 4.90 Å². The molecule has 1 aromatic carbocycles. The zero-order valence-electron chi connectivity index (χ0n) is 13.5. The average molecular weight is 301 g/mol. The number of hydrogen-bond acceptors (Lipinski definition) is 3. The molecule has 0 aromatic heterocycles. The highest BCUT2D eigenvalue weighted by molar-refractivity contribution is 5.68. The van der Waals surface area contributed by atoms with Gasteiger partial charge in [0.05, 0.1) is 13.2 Å². The summed E-state index contributed by atoms with van der Waals surface area (Å²) in [5, 5.41) is 0. The van der Waals surface area contributed by atoms with Crippen LogP contribution in [0.4, 0.5) is 4.79 Å². The van der Waals surface area contributed by atoms with E-state index >= 15 is 0 Å². The van der Waals surface area contributed by atoms with Crippen molar-refractivity contribution in [2.24, 2.45) is 0 Å². The fourth-order valence-electron chi connectivity index (χ4n) is 2.31. The lowest BCUT2D eigenvalue weighted by molar-refractivity contribution is -0.0432. The third-order valence-electron chi connectivity index (χ3n) is 3.38. The van der Waals surface area contributed by atoms with Gasteiger partial charge in [-0.3, -0.25) is 0 Å². The minimum Gasteiger partial charge on any atom is -0.444 e. The zero-order valence-corrected chi connectivity index (χ0v) is 13.5. The summed E-state index contributed by atoms with van der Waals surface area (Å²) in [7, 11) is 0. The monoisotopic (exact) mass is 301 g/mol. The number of carbonyl (C=O) groups is 1. The Bertz CT molecular complexity index is 551. The molecule has 0 radical (unpaired) electrons. The van der Waals surface area contributed by atoms with Crippen molar-refractivity contribution in [1.29, 1.82) is 0 Å². The Hall–Kier alpha value is -1.99. The number of benzene rings is 1. The molecular formula is C18H23NO3. The van der Waals surface area contributed by atoms with E-state index in [1.165, 1.54) is 0 Å². The van der Waals surface area contributed by atoms with Crippen LogP contribution in [-0.2, 0) is 15.9 Å². The Morgan fingerprint density at radius 1 is 1.41 bits per heavy atom. The first-order chi connectivity index (χ1) is 10.4. The van der Waals surface area contributed by atoms with Gasteiger partial charge in [0.1, 0.15) is 11.7 Å². The molecule has 1 fully saturated rings. The van der Waals surface area contributed by atoms with Crippen LogP contribution in [-0.4, -0.2) is 36.3 Å². The minimum absolute atomic E-state index is 0.124. The van der Waals surface area contributed by atoms with Gasteiger partial charge in [-0.2, -0.15) is 0 Å². The fraction of sp³-hybridized carbons (Fsp3) is 0.500. The van der Waals surface area contributed by atoms with Crippen LogP contribution >= 0.6 is 0 Å². The fourth-order valence-corrected chi connectivity index (χ4v) is 2.31. The molecule has 22 heavy (non-hydrogen) atoms. The van der Waals surface area contributed by atoms with Crippen LogP contribution in [0.15, 0.2) is 24.3 Å². The van der Waals surface area contributed by atoms with Gasteiger partial charge >= 0.3 is 6.09 Å². The second-order valence-electron chi connectivity index (χ2n) is 6.41. The van der Waals surface area contributed by atoms with Gasteiger partial charge in [0, 0.05) is 13.0 Å². The highest BCUT2D eigenvalue weighted by Gasteiger charge is 2.28. The molecule has 1 aliphatic rings. The molecule has 0 spiro atoms. The highest BCUT2D eigenvalue weighted by atomic mass is 16.6. The number of hydrogen-bond donors (Lipinski definition) is 0. The third kappa shape index (κ3) is 4.51. The van der Waals surface area contributed by atoms with Crippen LogP contribution < -0.4 is 0 Å². The Labute approximate surface area is 132 Å². The molecule has 1 unspecified atom stereocenters. The average Bonchev–Trinajstić information content (AvgIpc) is 2.47. The second-order valence-corrected chi connectivity index (χ2v) is 6.41. The summed E-state index contributed by atoms with van der Waals surface area (Å²) >= 11 is 0. The molecule has 118 valence electrons. The molecule has 0 saturated carbocycles. The number of amides is 1. The first kappa shape index (κ1) is 16.4. The van der Waals surface area contributed by atoms with Gasteiger partial charge in [-0.15, -0.1) is 12.3 Å². The molecule has 4 heteroatoms. The Morgan fingerprint density at radius 3 is 2.68 bits per heavy atom. The van der Waals surface area contributed by atoms with Gasteiger partial charge in [-0.1, -0.05) is 24.3 Å². The molecule has 1 saturated heterocycles. The summed E-state index contributed by atoms with van der Waals surface area (Å²) < 4.78 is 11.2. The zero-order chi connectivity index (χ0) is 16.2. The standard InChI is InChI=1S/C18H23NO3/c1-5-6-14-7-9-15(10-8-14)16-13-19(11-12-21-16)17(20)22-18(2,3)4/h1,7-10,16H,6,11-13H2,2-4H3. The van der Waals surface area contributed by atoms with Crippen molar-refractivity contribution in [1.82, 2.24) is 4.90 Å². The molecule has 1 amide bonds. The van der Waals surface area contributed by atoms with Crippen molar-refractivity contribution < 1.29 is 14.3 Å². The maximum atomic E-state index is 12.2. The Morgan fingerprint density at radius 2 is 2.09 bits per heavy atom. The highest BCUT2D eigenvalue weighted by Crippen LogP contribution is 2.24. The molecule has 0 N–H and O–H groups in total. The van der Waals surface area contributed by atoms with E-state index in [9.17, 15) is 4.79 Å². The second kappa shape index (κ2) is 6.85. The molecule has 2 rings (SSSR count). The molecule has 0 bridgehead atoms. The van der Waals surface area contributed by atoms with Crippen molar-refractivity contribution in [2.45, 2.75) is 38.9 Å². The molecule has 1 aromatic rings. The van der Waals surface area contributed by atoms with E-state index in [2.05, 4.69) is 5.92 Å². The topological polar surface area (TPSA) is 38.8 Å². The Kier molecular flexibility index (Phi) is 5.10. The van der Waals surface area contributed by atoms with Crippen molar-refractivity contribution in [3.05, 3.63) is 35.4 Å². The first-order valence-corrected chi connectivity index (χ1v) is 7.51. The maximum Gasteiger partial charge on any atom is 0.410 e. The molecule has 1 atom stereocenters. The van der Waals surface area contributed by atoms with Crippen molar-refractivity contribution in [3.8, 4) is 12.3 Å². The van der Waals surface area contributed by atoms with Gasteiger partial charge in [0.2, 0.25) is 0 Å². The lowest BCUT2D eigenvalue weighted by Crippen LogP contribution is -2.44. The summed E-state index contributed by atoms with van der Waals surface area (Å²) in [6.45, 7) is 7.17. The van der Waals surface area contributed by atoms with Crippen LogP contribution in [0.25, 0.3) is 0 Å². The van der Waals surface area contributed by atoms with Crippen LogP contribution in [0.2, 0.25) is 0 Å². The summed E-state index contributed by atoms with van der Waals surface area (Å²) in [6.07, 6.45) is 5.52. The van der Waals surface area contributed by atoms with Gasteiger partial charge < -0.3 is 14.4 Å². The quantitative estimate of drug-likeness (QED) is 0.788. The lowest BCUT2D eigenvalue weighted by atomic mass is 10.0. The number of morpholine rings is 1. The predicted molar refractivity (Wildman–Crippen MR) is 85.5 cm³/mol. The predicted octanol–water partition coefficient (Wildman–Crippen LogP) is 3.17. The molecular weight excluding hydrogens is 278 g/mol. The summed E-state index contributed by atoms with van der Waals surface area (Å²) in [5.41, 5.74) is 1.67. The van der Waals surface area contributed by atoms with Gasteiger partial charge in [-0.05, 0) is 31.9 Å². The van der Waals surface area contributed by atoms with Crippen LogP contribution in [0.1, 0.15) is 38.0 Å². The van der Waals surface area contributed by atoms with Crippen LogP contribution in [0.3, 0.4) is 0 Å². The van der Waals surface area contributed by atoms with E-state index in [4.69, 9.17) is 15.9 Å². The molecule has 4 nitrogen and oxygen atoms in total. The van der Waals surface area contributed by atoms with E-state index in [0.29, 0.717) is 26.1 Å². The third-order valence-corrected chi connectivity index (χ3v) is 3.38. The largest absolute Gasteiger partial charge is 0.444 e. The maximum absolute atomic E-state index is 12.2. The Balaban J connectivity index is 2.01. The summed E-state index contributed by atoms with van der Waals surface area (Å²) in [4.78, 5) is 13.9. The number of nitrogens with zero attached hydrogens (tertiary/aromatic N) is 1. The van der Waals surface area contributed by atoms with E-state index in [-0.39, 0.29) is 12.2 Å². The first-order valence-electron chi connectivity index (χ1n) is 7.51.